The third-order valence-corrected chi connectivity index (χ3v) is 5.77. The topological polar surface area (TPSA) is 41.9 Å². The fourth-order valence-electron chi connectivity index (χ4n) is 4.08. The molecule has 1 aromatic carbocycles. The van der Waals surface area contributed by atoms with Gasteiger partial charge in [-0.2, -0.15) is 0 Å². The molecule has 2 heterocycles. The van der Waals surface area contributed by atoms with Crippen LogP contribution in [0.4, 0.5) is 5.69 Å². The van der Waals surface area contributed by atoms with Crippen LogP contribution < -0.4 is 4.90 Å². The Bertz CT molecular complexity index is 515. The lowest BCUT2D eigenvalue weighted by Gasteiger charge is -2.45. The molecule has 0 spiro atoms. The average molecular weight is 333 g/mol. The Kier molecular flexibility index (Phi) is 6.01. The number of nitrogens with zero attached hydrogens (tertiary/aromatic N) is 1. The molecule has 2 aliphatic heterocycles. The molecule has 3 rings (SSSR count). The molecule has 2 aliphatic rings. The van der Waals surface area contributed by atoms with E-state index in [1.54, 1.807) is 6.07 Å². The molecule has 0 aromatic heterocycles. The summed E-state index contributed by atoms with van der Waals surface area (Å²) >= 11 is 0. The number of ether oxygens (including phenoxy) is 2. The standard InChI is InChI=1S/C20H31NO3/c1-15-10-11-21(17-6-5-7-18(22)14-17)19(16(15)2)8-3-4-9-20-23-12-13-24-20/h5-7,14-16,19-20,22H,3-4,8-13H2,1-2H3. The van der Waals surface area contributed by atoms with Gasteiger partial charge in [0.2, 0.25) is 0 Å². The number of anilines is 1. The van der Waals surface area contributed by atoms with Crippen LogP contribution in [0, 0.1) is 11.8 Å². The minimum Gasteiger partial charge on any atom is -0.508 e. The van der Waals surface area contributed by atoms with E-state index < -0.39 is 0 Å². The van der Waals surface area contributed by atoms with Crippen LogP contribution in [-0.2, 0) is 9.47 Å². The Morgan fingerprint density at radius 3 is 2.62 bits per heavy atom. The molecule has 0 radical (unpaired) electrons. The third kappa shape index (κ3) is 4.22. The minimum atomic E-state index is 0.0230. The number of rotatable bonds is 6. The highest BCUT2D eigenvalue weighted by Crippen LogP contribution is 2.35. The van der Waals surface area contributed by atoms with E-state index in [1.807, 2.05) is 12.1 Å². The van der Waals surface area contributed by atoms with Gasteiger partial charge >= 0.3 is 0 Å². The predicted molar refractivity (Wildman–Crippen MR) is 96.3 cm³/mol. The molecule has 3 unspecified atom stereocenters. The van der Waals surface area contributed by atoms with Crippen molar-refractivity contribution in [2.75, 3.05) is 24.7 Å². The first-order valence-electron chi connectivity index (χ1n) is 9.44. The van der Waals surface area contributed by atoms with Crippen LogP contribution in [0.25, 0.3) is 0 Å². The first kappa shape index (κ1) is 17.6. The zero-order chi connectivity index (χ0) is 16.9. The highest BCUT2D eigenvalue weighted by molar-refractivity contribution is 5.51. The van der Waals surface area contributed by atoms with Crippen molar-refractivity contribution >= 4 is 5.69 Å². The van der Waals surface area contributed by atoms with Crippen LogP contribution in [0.3, 0.4) is 0 Å². The van der Waals surface area contributed by atoms with E-state index >= 15 is 0 Å². The highest BCUT2D eigenvalue weighted by Gasteiger charge is 2.32. The van der Waals surface area contributed by atoms with Crippen LogP contribution in [0.1, 0.15) is 46.0 Å². The van der Waals surface area contributed by atoms with Crippen molar-refractivity contribution in [1.82, 2.24) is 0 Å². The summed E-state index contributed by atoms with van der Waals surface area (Å²) in [5, 5.41) is 9.83. The number of benzene rings is 1. The Morgan fingerprint density at radius 1 is 1.12 bits per heavy atom. The molecule has 2 fully saturated rings. The number of hydrogen-bond acceptors (Lipinski definition) is 4. The zero-order valence-electron chi connectivity index (χ0n) is 15.0. The molecule has 1 N–H and O–H groups in total. The molecule has 134 valence electrons. The molecule has 4 heteroatoms. The van der Waals surface area contributed by atoms with Crippen molar-refractivity contribution in [3.05, 3.63) is 24.3 Å². The first-order valence-corrected chi connectivity index (χ1v) is 9.44. The van der Waals surface area contributed by atoms with Gasteiger partial charge in [0.25, 0.3) is 0 Å². The maximum atomic E-state index is 9.83. The van der Waals surface area contributed by atoms with Crippen molar-refractivity contribution in [2.45, 2.75) is 58.3 Å². The Labute approximate surface area is 145 Å². The molecule has 4 nitrogen and oxygen atoms in total. The van der Waals surface area contributed by atoms with Gasteiger partial charge in [-0.3, -0.25) is 0 Å². The van der Waals surface area contributed by atoms with Crippen LogP contribution >= 0.6 is 0 Å². The normalized spacial score (nSPS) is 28.4. The number of phenolic OH excluding ortho intramolecular Hbond substituents is 1. The lowest BCUT2D eigenvalue weighted by Crippen LogP contribution is -2.47. The van der Waals surface area contributed by atoms with E-state index in [0.29, 0.717) is 17.7 Å². The maximum Gasteiger partial charge on any atom is 0.157 e. The second kappa shape index (κ2) is 8.21. The number of unbranched alkanes of at least 4 members (excludes halogenated alkanes) is 1. The van der Waals surface area contributed by atoms with Gasteiger partial charge in [-0.1, -0.05) is 26.3 Å². The summed E-state index contributed by atoms with van der Waals surface area (Å²) in [6.07, 6.45) is 5.78. The van der Waals surface area contributed by atoms with Gasteiger partial charge in [-0.25, -0.2) is 0 Å². The van der Waals surface area contributed by atoms with E-state index in [1.165, 1.54) is 19.3 Å². The molecule has 2 saturated heterocycles. The van der Waals surface area contributed by atoms with Crippen molar-refractivity contribution < 1.29 is 14.6 Å². The van der Waals surface area contributed by atoms with E-state index in [0.717, 1.165) is 44.2 Å². The van der Waals surface area contributed by atoms with Crippen LogP contribution in [0.5, 0.6) is 5.75 Å². The summed E-state index contributed by atoms with van der Waals surface area (Å²) in [5.74, 6) is 1.78. The fourth-order valence-corrected chi connectivity index (χ4v) is 4.08. The predicted octanol–water partition coefficient (Wildman–Crippen LogP) is 4.18. The van der Waals surface area contributed by atoms with Gasteiger partial charge in [0.1, 0.15) is 5.75 Å². The highest BCUT2D eigenvalue weighted by atomic mass is 16.7. The summed E-state index contributed by atoms with van der Waals surface area (Å²) in [7, 11) is 0. The lowest BCUT2D eigenvalue weighted by atomic mass is 9.79. The number of aromatic hydroxyl groups is 1. The van der Waals surface area contributed by atoms with Crippen LogP contribution in [-0.4, -0.2) is 37.2 Å². The van der Waals surface area contributed by atoms with Crippen LogP contribution in [0.15, 0.2) is 24.3 Å². The first-order chi connectivity index (χ1) is 11.6. The van der Waals surface area contributed by atoms with E-state index in [2.05, 4.69) is 24.8 Å². The van der Waals surface area contributed by atoms with E-state index in [4.69, 9.17) is 9.47 Å². The lowest BCUT2D eigenvalue weighted by molar-refractivity contribution is -0.0481. The third-order valence-electron chi connectivity index (χ3n) is 5.77. The van der Waals surface area contributed by atoms with Gasteiger partial charge in [0, 0.05) is 24.3 Å². The molecule has 1 aromatic rings. The summed E-state index contributed by atoms with van der Waals surface area (Å²) in [5.41, 5.74) is 1.15. The summed E-state index contributed by atoms with van der Waals surface area (Å²) < 4.78 is 11.1. The second-order valence-electron chi connectivity index (χ2n) is 7.36. The number of piperidine rings is 1. The van der Waals surface area contributed by atoms with Gasteiger partial charge in [0.05, 0.1) is 13.2 Å². The van der Waals surface area contributed by atoms with Gasteiger partial charge in [0.15, 0.2) is 6.29 Å². The average Bonchev–Trinajstić information content (AvgIpc) is 3.08. The largest absolute Gasteiger partial charge is 0.508 e. The molecule has 3 atom stereocenters. The van der Waals surface area contributed by atoms with Crippen LogP contribution in [0.2, 0.25) is 0 Å². The monoisotopic (exact) mass is 333 g/mol. The molecular weight excluding hydrogens is 302 g/mol. The zero-order valence-corrected chi connectivity index (χ0v) is 15.0. The van der Waals surface area contributed by atoms with E-state index in [-0.39, 0.29) is 6.29 Å². The maximum absolute atomic E-state index is 9.83. The summed E-state index contributed by atoms with van der Waals surface area (Å²) in [6, 6.07) is 8.25. The van der Waals surface area contributed by atoms with Crippen molar-refractivity contribution in [2.24, 2.45) is 11.8 Å². The quantitative estimate of drug-likeness (QED) is 0.793. The van der Waals surface area contributed by atoms with Crippen molar-refractivity contribution in [1.29, 1.82) is 0 Å². The fraction of sp³-hybridized carbons (Fsp3) is 0.700. The molecular formula is C20H31NO3. The number of phenols is 1. The second-order valence-corrected chi connectivity index (χ2v) is 7.36. The summed E-state index contributed by atoms with van der Waals surface area (Å²) in [6.45, 7) is 7.32. The Balaban J connectivity index is 1.59. The smallest absolute Gasteiger partial charge is 0.157 e. The summed E-state index contributed by atoms with van der Waals surface area (Å²) in [4.78, 5) is 2.51. The minimum absolute atomic E-state index is 0.0230. The molecule has 0 amide bonds. The Morgan fingerprint density at radius 2 is 1.88 bits per heavy atom. The SMILES string of the molecule is CC1CCN(c2cccc(O)c2)C(CCCCC2OCCO2)C1C. The molecule has 0 aliphatic carbocycles. The van der Waals surface area contributed by atoms with Crippen molar-refractivity contribution in [3.63, 3.8) is 0 Å². The van der Waals surface area contributed by atoms with Gasteiger partial charge < -0.3 is 19.5 Å². The molecule has 24 heavy (non-hydrogen) atoms. The number of hydrogen-bond donors (Lipinski definition) is 1. The van der Waals surface area contributed by atoms with Gasteiger partial charge in [-0.05, 0) is 49.7 Å². The van der Waals surface area contributed by atoms with E-state index in [9.17, 15) is 5.11 Å². The molecule has 0 saturated carbocycles. The van der Waals surface area contributed by atoms with Gasteiger partial charge in [-0.15, -0.1) is 0 Å². The molecule has 0 bridgehead atoms. The Hall–Kier alpha value is -1.26. The van der Waals surface area contributed by atoms with Crippen molar-refractivity contribution in [3.8, 4) is 5.75 Å².